The minimum Gasteiger partial charge on any atom is -0.444 e. The quantitative estimate of drug-likeness (QED) is 0.859. The van der Waals surface area contributed by atoms with E-state index in [1.807, 2.05) is 0 Å². The Labute approximate surface area is 144 Å². The van der Waals surface area contributed by atoms with E-state index < -0.39 is 29.2 Å². The van der Waals surface area contributed by atoms with E-state index in [0.29, 0.717) is 10.0 Å². The lowest BCUT2D eigenvalue weighted by atomic mass is 10.1. The van der Waals surface area contributed by atoms with Gasteiger partial charge in [0.25, 0.3) is 0 Å². The molecule has 1 aromatic rings. The minimum atomic E-state index is -1.40. The van der Waals surface area contributed by atoms with Gasteiger partial charge in [-0.25, -0.2) is 9.78 Å². The number of thioether (sulfide) groups is 1. The lowest BCUT2D eigenvalue weighted by molar-refractivity contribution is -0.00978. The van der Waals surface area contributed by atoms with Crippen molar-refractivity contribution in [3.8, 4) is 0 Å². The van der Waals surface area contributed by atoms with Crippen LogP contribution in [0, 0.1) is 0 Å². The molecule has 1 aliphatic rings. The molecular formula is C15H21ClN2O4S. The summed E-state index contributed by atoms with van der Waals surface area (Å²) in [6.45, 7) is 5.18. The number of ether oxygens (including phenoxy) is 1. The molecular weight excluding hydrogens is 340 g/mol. The first kappa shape index (κ1) is 18.3. The van der Waals surface area contributed by atoms with Crippen LogP contribution in [-0.4, -0.2) is 62.3 Å². The van der Waals surface area contributed by atoms with Gasteiger partial charge in [-0.15, -0.1) is 0 Å². The molecule has 128 valence electrons. The van der Waals surface area contributed by atoms with Crippen LogP contribution in [0.5, 0.6) is 0 Å². The molecule has 1 aliphatic heterocycles. The fraction of sp³-hybridized carbons (Fsp3) is 0.600. The van der Waals surface area contributed by atoms with Gasteiger partial charge in [0, 0.05) is 12.7 Å². The summed E-state index contributed by atoms with van der Waals surface area (Å²) in [5.41, 5.74) is -2.01. The Morgan fingerprint density at radius 1 is 1.57 bits per heavy atom. The largest absolute Gasteiger partial charge is 0.444 e. The second kappa shape index (κ2) is 6.84. The first-order valence-corrected chi connectivity index (χ1v) is 8.48. The molecule has 1 fully saturated rings. The summed E-state index contributed by atoms with van der Waals surface area (Å²) in [6, 6.07) is 3.44. The Morgan fingerprint density at radius 2 is 2.26 bits per heavy atom. The highest BCUT2D eigenvalue weighted by atomic mass is 35.5. The van der Waals surface area contributed by atoms with Crippen molar-refractivity contribution >= 4 is 29.5 Å². The maximum atomic E-state index is 12.2. The summed E-state index contributed by atoms with van der Waals surface area (Å²) in [7, 11) is 0. The van der Waals surface area contributed by atoms with E-state index in [4.69, 9.17) is 16.3 Å². The van der Waals surface area contributed by atoms with Crippen molar-refractivity contribution in [2.24, 2.45) is 0 Å². The maximum absolute atomic E-state index is 12.2. The third kappa shape index (κ3) is 4.73. The summed E-state index contributed by atoms with van der Waals surface area (Å²) in [4.78, 5) is 17.8. The van der Waals surface area contributed by atoms with Gasteiger partial charge in [-0.2, -0.15) is 0 Å². The van der Waals surface area contributed by atoms with Crippen LogP contribution < -0.4 is 0 Å². The molecule has 0 spiro atoms. The predicted octanol–water partition coefficient (Wildman–Crippen LogP) is 2.17. The number of halogens is 1. The fourth-order valence-corrected chi connectivity index (χ4v) is 3.50. The van der Waals surface area contributed by atoms with Crippen LogP contribution in [0.2, 0.25) is 5.02 Å². The molecule has 2 rings (SSSR count). The zero-order valence-corrected chi connectivity index (χ0v) is 14.9. The number of likely N-dealkylation sites (tertiary alicyclic amines) is 1. The van der Waals surface area contributed by atoms with E-state index in [-0.39, 0.29) is 13.1 Å². The maximum Gasteiger partial charge on any atom is 0.410 e. The SMILES string of the molecule is CC(C)(C)OC(=O)N1CC(Sc2ccc(Cl)cn2)C(O)(CO)C1. The van der Waals surface area contributed by atoms with Gasteiger partial charge in [0.05, 0.1) is 28.5 Å². The molecule has 2 heterocycles. The molecule has 2 atom stereocenters. The van der Waals surface area contributed by atoms with E-state index in [1.165, 1.54) is 22.9 Å². The Balaban J connectivity index is 2.09. The third-order valence-electron chi connectivity index (χ3n) is 3.34. The van der Waals surface area contributed by atoms with Gasteiger partial charge in [-0.05, 0) is 32.9 Å². The van der Waals surface area contributed by atoms with Crippen LogP contribution in [0.25, 0.3) is 0 Å². The standard InChI is InChI=1S/C15H21ClN2O4S/c1-14(2,3)22-13(20)18-7-11(15(21,8-18)9-19)23-12-5-4-10(16)6-17-12/h4-6,11,19,21H,7-9H2,1-3H3. The average molecular weight is 361 g/mol. The summed E-state index contributed by atoms with van der Waals surface area (Å²) < 4.78 is 5.33. The van der Waals surface area contributed by atoms with Gasteiger partial charge in [-0.1, -0.05) is 23.4 Å². The number of carbonyl (C=O) groups excluding carboxylic acids is 1. The van der Waals surface area contributed by atoms with E-state index in [1.54, 1.807) is 32.9 Å². The Kier molecular flexibility index (Phi) is 5.45. The Hall–Kier alpha value is -1.02. The molecule has 0 saturated carbocycles. The van der Waals surface area contributed by atoms with Crippen LogP contribution in [-0.2, 0) is 4.74 Å². The average Bonchev–Trinajstić information content (AvgIpc) is 2.78. The third-order valence-corrected chi connectivity index (χ3v) is 4.92. The normalized spacial score (nSPS) is 24.8. The fourth-order valence-electron chi connectivity index (χ4n) is 2.21. The molecule has 0 aliphatic carbocycles. The number of hydrogen-bond acceptors (Lipinski definition) is 6. The summed E-state index contributed by atoms with van der Waals surface area (Å²) >= 11 is 7.11. The number of pyridine rings is 1. The van der Waals surface area contributed by atoms with Crippen molar-refractivity contribution < 1.29 is 19.7 Å². The predicted molar refractivity (Wildman–Crippen MR) is 88.7 cm³/mol. The molecule has 8 heteroatoms. The zero-order chi connectivity index (χ0) is 17.3. The molecule has 23 heavy (non-hydrogen) atoms. The van der Waals surface area contributed by atoms with Gasteiger partial charge in [-0.3, -0.25) is 0 Å². The Bertz CT molecular complexity index is 564. The van der Waals surface area contributed by atoms with Crippen LogP contribution in [0.15, 0.2) is 23.4 Å². The van der Waals surface area contributed by atoms with E-state index in [9.17, 15) is 15.0 Å². The molecule has 2 unspecified atom stereocenters. The van der Waals surface area contributed by atoms with Crippen LogP contribution >= 0.6 is 23.4 Å². The monoisotopic (exact) mass is 360 g/mol. The highest BCUT2D eigenvalue weighted by Gasteiger charge is 2.48. The van der Waals surface area contributed by atoms with Gasteiger partial charge in [0.2, 0.25) is 0 Å². The number of nitrogens with zero attached hydrogens (tertiary/aromatic N) is 2. The number of aliphatic hydroxyl groups is 2. The van der Waals surface area contributed by atoms with Crippen molar-refractivity contribution in [3.63, 3.8) is 0 Å². The molecule has 1 aromatic heterocycles. The summed E-state index contributed by atoms with van der Waals surface area (Å²) in [5, 5.41) is 21.0. The number of β-amino-alcohol motifs (C(OH)–C–C–N with tert-alkyl or cyclic N) is 1. The number of aromatic nitrogens is 1. The number of amides is 1. The van der Waals surface area contributed by atoms with Gasteiger partial charge in [0.15, 0.2) is 0 Å². The van der Waals surface area contributed by atoms with E-state index in [2.05, 4.69) is 4.98 Å². The highest BCUT2D eigenvalue weighted by Crippen LogP contribution is 2.36. The van der Waals surface area contributed by atoms with Crippen molar-refractivity contribution in [2.45, 2.75) is 42.2 Å². The number of carbonyl (C=O) groups is 1. The number of rotatable bonds is 3. The second-order valence-electron chi connectivity index (χ2n) is 6.54. The topological polar surface area (TPSA) is 82.9 Å². The van der Waals surface area contributed by atoms with Gasteiger partial charge in [0.1, 0.15) is 11.2 Å². The van der Waals surface area contributed by atoms with Crippen LogP contribution in [0.1, 0.15) is 20.8 Å². The van der Waals surface area contributed by atoms with E-state index in [0.717, 1.165) is 0 Å². The van der Waals surface area contributed by atoms with Crippen molar-refractivity contribution in [1.82, 2.24) is 9.88 Å². The lowest BCUT2D eigenvalue weighted by Gasteiger charge is -2.26. The van der Waals surface area contributed by atoms with Gasteiger partial charge < -0.3 is 19.8 Å². The molecule has 0 bridgehead atoms. The molecule has 1 saturated heterocycles. The second-order valence-corrected chi connectivity index (χ2v) is 8.20. The smallest absolute Gasteiger partial charge is 0.410 e. The highest BCUT2D eigenvalue weighted by molar-refractivity contribution is 8.00. The van der Waals surface area contributed by atoms with Crippen LogP contribution in [0.4, 0.5) is 4.79 Å². The molecule has 2 N–H and O–H groups in total. The van der Waals surface area contributed by atoms with Crippen molar-refractivity contribution in [2.75, 3.05) is 19.7 Å². The van der Waals surface area contributed by atoms with Crippen molar-refractivity contribution in [1.29, 1.82) is 0 Å². The first-order valence-electron chi connectivity index (χ1n) is 7.22. The summed E-state index contributed by atoms with van der Waals surface area (Å²) in [5.74, 6) is 0. The molecule has 6 nitrogen and oxygen atoms in total. The lowest BCUT2D eigenvalue weighted by Crippen LogP contribution is -2.44. The number of hydrogen-bond donors (Lipinski definition) is 2. The van der Waals surface area contributed by atoms with Crippen molar-refractivity contribution in [3.05, 3.63) is 23.4 Å². The van der Waals surface area contributed by atoms with Gasteiger partial charge >= 0.3 is 6.09 Å². The zero-order valence-electron chi connectivity index (χ0n) is 13.3. The minimum absolute atomic E-state index is 0.0175. The summed E-state index contributed by atoms with van der Waals surface area (Å²) in [6.07, 6.45) is 1.01. The van der Waals surface area contributed by atoms with E-state index >= 15 is 0 Å². The first-order chi connectivity index (χ1) is 10.6. The Morgan fingerprint density at radius 3 is 2.78 bits per heavy atom. The van der Waals surface area contributed by atoms with Crippen LogP contribution in [0.3, 0.4) is 0 Å². The molecule has 0 aromatic carbocycles. The molecule has 0 radical (unpaired) electrons. The number of aliphatic hydroxyl groups excluding tert-OH is 1. The molecule has 1 amide bonds.